The van der Waals surface area contributed by atoms with E-state index in [4.69, 9.17) is 4.74 Å². The van der Waals surface area contributed by atoms with E-state index < -0.39 is 0 Å². The third-order valence-electron chi connectivity index (χ3n) is 10.7. The number of hydrogen-bond acceptors (Lipinski definition) is 4. The van der Waals surface area contributed by atoms with Gasteiger partial charge >= 0.3 is 5.97 Å². The topological polar surface area (TPSA) is 50.4 Å². The van der Waals surface area contributed by atoms with Crippen molar-refractivity contribution in [3.63, 3.8) is 0 Å². The van der Waals surface area contributed by atoms with Gasteiger partial charge in [0.05, 0.1) is 6.61 Å². The van der Waals surface area contributed by atoms with Crippen LogP contribution >= 0.6 is 0 Å². The quantitative estimate of drug-likeness (QED) is 0.146. The van der Waals surface area contributed by atoms with Gasteiger partial charge in [-0.05, 0) is 63.2 Å². The van der Waals surface area contributed by atoms with Gasteiger partial charge in [0, 0.05) is 18.0 Å². The van der Waals surface area contributed by atoms with Crippen molar-refractivity contribution < 1.29 is 9.53 Å². The number of carbonyl (C=O) groups is 1. The molecule has 40 heavy (non-hydrogen) atoms. The average Bonchev–Trinajstić information content (AvgIpc) is 3.31. The van der Waals surface area contributed by atoms with E-state index in [0.29, 0.717) is 30.0 Å². The first kappa shape index (κ1) is 33.9. The van der Waals surface area contributed by atoms with Crippen molar-refractivity contribution in [2.75, 3.05) is 6.61 Å². The van der Waals surface area contributed by atoms with Gasteiger partial charge in [0.25, 0.3) is 0 Å². The molecule has 3 fully saturated rings. The molecule has 0 bridgehead atoms. The van der Waals surface area contributed by atoms with Crippen LogP contribution in [0.5, 0.6) is 0 Å². The van der Waals surface area contributed by atoms with Crippen LogP contribution in [0.15, 0.2) is 0 Å². The van der Waals surface area contributed by atoms with Gasteiger partial charge in [0.1, 0.15) is 0 Å². The Kier molecular flexibility index (Phi) is 17.2. The second-order valence-electron chi connectivity index (χ2n) is 14.3. The molecule has 3 rings (SSSR count). The van der Waals surface area contributed by atoms with Crippen molar-refractivity contribution in [1.29, 1.82) is 0 Å². The van der Waals surface area contributed by atoms with Crippen LogP contribution in [-0.4, -0.2) is 24.2 Å². The van der Waals surface area contributed by atoms with E-state index in [1.54, 1.807) is 0 Å². The molecular formula is C36H68N2O2. The zero-order valence-corrected chi connectivity index (χ0v) is 26.8. The minimum atomic E-state index is -0.00167. The summed E-state index contributed by atoms with van der Waals surface area (Å²) in [5.74, 6) is -0.00167. The standard InChI is InChI=1S/C36H68N2O2/c1-2-3-4-5-6-7-8-9-13-16-19-22-31-40-34(39)24-23-33-25-28-36(38-37-33)30-29-35(32-36)26-20-17-14-11-10-12-15-18-21-27-35/h33,37-38H,2-32H2,1H3. The average molecular weight is 561 g/mol. The Morgan fingerprint density at radius 3 is 1.77 bits per heavy atom. The maximum Gasteiger partial charge on any atom is 0.305 e. The van der Waals surface area contributed by atoms with E-state index in [1.165, 1.54) is 173 Å². The molecule has 3 aliphatic rings. The van der Waals surface area contributed by atoms with E-state index in [9.17, 15) is 4.79 Å². The van der Waals surface area contributed by atoms with Crippen LogP contribution in [0.3, 0.4) is 0 Å². The minimum Gasteiger partial charge on any atom is -0.466 e. The zero-order valence-electron chi connectivity index (χ0n) is 26.8. The first-order valence-corrected chi connectivity index (χ1v) is 18.3. The highest BCUT2D eigenvalue weighted by Gasteiger charge is 2.48. The van der Waals surface area contributed by atoms with Crippen LogP contribution in [-0.2, 0) is 9.53 Å². The predicted molar refractivity (Wildman–Crippen MR) is 170 cm³/mol. The smallest absolute Gasteiger partial charge is 0.305 e. The second-order valence-corrected chi connectivity index (χ2v) is 14.3. The fourth-order valence-electron chi connectivity index (χ4n) is 8.06. The van der Waals surface area contributed by atoms with Gasteiger partial charge in [-0.1, -0.05) is 135 Å². The molecule has 2 unspecified atom stereocenters. The van der Waals surface area contributed by atoms with Gasteiger partial charge in [0.2, 0.25) is 0 Å². The Hall–Kier alpha value is -0.610. The normalized spacial score (nSPS) is 26.0. The molecule has 0 amide bonds. The Bertz CT molecular complexity index is 631. The van der Waals surface area contributed by atoms with Crippen LogP contribution in [0.1, 0.15) is 200 Å². The third kappa shape index (κ3) is 13.6. The number of hydrazine groups is 1. The van der Waals surface area contributed by atoms with Crippen LogP contribution in [0, 0.1) is 5.41 Å². The monoisotopic (exact) mass is 561 g/mol. The van der Waals surface area contributed by atoms with Crippen molar-refractivity contribution >= 4 is 5.97 Å². The summed E-state index contributed by atoms with van der Waals surface area (Å²) in [6.07, 6.45) is 40.0. The zero-order chi connectivity index (χ0) is 28.2. The molecule has 2 atom stereocenters. The van der Waals surface area contributed by atoms with Gasteiger partial charge in [-0.2, -0.15) is 0 Å². The molecule has 4 heteroatoms. The molecule has 2 saturated carbocycles. The Morgan fingerprint density at radius 1 is 0.675 bits per heavy atom. The van der Waals surface area contributed by atoms with Gasteiger partial charge in [0.15, 0.2) is 0 Å². The first-order chi connectivity index (χ1) is 19.7. The van der Waals surface area contributed by atoms with Crippen molar-refractivity contribution in [3.05, 3.63) is 0 Å². The summed E-state index contributed by atoms with van der Waals surface area (Å²) in [6, 6.07) is 0.401. The van der Waals surface area contributed by atoms with E-state index in [0.717, 1.165) is 12.8 Å². The Labute approximate surface area is 249 Å². The molecule has 0 radical (unpaired) electrons. The van der Waals surface area contributed by atoms with Crippen molar-refractivity contribution in [3.8, 4) is 0 Å². The highest BCUT2D eigenvalue weighted by molar-refractivity contribution is 5.69. The summed E-state index contributed by atoms with van der Waals surface area (Å²) in [5, 5.41) is 0. The summed E-state index contributed by atoms with van der Waals surface area (Å²) in [5.41, 5.74) is 8.35. The number of carbonyl (C=O) groups excluding carboxylic acids is 1. The molecule has 1 saturated heterocycles. The summed E-state index contributed by atoms with van der Waals surface area (Å²) in [4.78, 5) is 12.3. The van der Waals surface area contributed by atoms with E-state index >= 15 is 0 Å². The number of unbranched alkanes of at least 4 members (excludes halogenated alkanes) is 11. The maximum absolute atomic E-state index is 12.3. The Balaban J connectivity index is 1.19. The molecule has 0 aromatic carbocycles. The van der Waals surface area contributed by atoms with Gasteiger partial charge < -0.3 is 4.74 Å². The molecule has 1 aliphatic heterocycles. The van der Waals surface area contributed by atoms with Crippen molar-refractivity contribution in [2.45, 2.75) is 211 Å². The first-order valence-electron chi connectivity index (χ1n) is 18.3. The summed E-state index contributed by atoms with van der Waals surface area (Å²) in [6.45, 7) is 2.89. The van der Waals surface area contributed by atoms with Crippen molar-refractivity contribution in [2.24, 2.45) is 5.41 Å². The molecule has 2 spiro atoms. The summed E-state index contributed by atoms with van der Waals surface area (Å²) < 4.78 is 5.56. The highest BCUT2D eigenvalue weighted by atomic mass is 16.5. The van der Waals surface area contributed by atoms with Gasteiger partial charge in [-0.15, -0.1) is 0 Å². The summed E-state index contributed by atoms with van der Waals surface area (Å²) in [7, 11) is 0. The fraction of sp³-hybridized carbons (Fsp3) is 0.972. The van der Waals surface area contributed by atoms with Crippen LogP contribution in [0.2, 0.25) is 0 Å². The lowest BCUT2D eigenvalue weighted by Gasteiger charge is -2.41. The fourth-order valence-corrected chi connectivity index (χ4v) is 8.06. The molecule has 2 aliphatic carbocycles. The third-order valence-corrected chi connectivity index (χ3v) is 10.7. The van der Waals surface area contributed by atoms with Crippen LogP contribution in [0.25, 0.3) is 0 Å². The highest BCUT2D eigenvalue weighted by Crippen LogP contribution is 2.53. The van der Waals surface area contributed by atoms with Gasteiger partial charge in [-0.3, -0.25) is 15.6 Å². The lowest BCUT2D eigenvalue weighted by atomic mass is 9.74. The molecule has 0 aromatic heterocycles. The Morgan fingerprint density at radius 2 is 1.23 bits per heavy atom. The van der Waals surface area contributed by atoms with Crippen molar-refractivity contribution in [1.82, 2.24) is 10.9 Å². The second kappa shape index (κ2) is 20.3. The number of nitrogens with one attached hydrogen (secondary N) is 2. The van der Waals surface area contributed by atoms with E-state index in [2.05, 4.69) is 17.8 Å². The number of hydrogen-bond donors (Lipinski definition) is 2. The molecular weight excluding hydrogens is 492 g/mol. The molecule has 1 heterocycles. The summed E-state index contributed by atoms with van der Waals surface area (Å²) >= 11 is 0. The largest absolute Gasteiger partial charge is 0.466 e. The molecule has 234 valence electrons. The van der Waals surface area contributed by atoms with E-state index in [-0.39, 0.29) is 5.97 Å². The molecule has 2 N–H and O–H groups in total. The number of esters is 1. The minimum absolute atomic E-state index is 0.00167. The number of rotatable bonds is 16. The van der Waals surface area contributed by atoms with Gasteiger partial charge in [-0.25, -0.2) is 0 Å². The van der Waals surface area contributed by atoms with E-state index in [1.807, 2.05) is 0 Å². The SMILES string of the molecule is CCCCCCCCCCCCCCOC(=O)CCC1CCC2(CCC3(CCCCCCCCCCC3)C2)NN1. The molecule has 4 nitrogen and oxygen atoms in total. The maximum atomic E-state index is 12.3. The number of ether oxygens (including phenoxy) is 1. The predicted octanol–water partition coefficient (Wildman–Crippen LogP) is 10.5. The van der Waals surface area contributed by atoms with Crippen LogP contribution < -0.4 is 10.9 Å². The lowest BCUT2D eigenvalue weighted by molar-refractivity contribution is -0.144. The molecule has 0 aromatic rings. The van der Waals surface area contributed by atoms with Crippen LogP contribution in [0.4, 0.5) is 0 Å². The lowest BCUT2D eigenvalue weighted by Crippen LogP contribution is -2.59.